The first-order valence-electron chi connectivity index (χ1n) is 12.9. The van der Waals surface area contributed by atoms with Crippen LogP contribution < -0.4 is 9.80 Å². The van der Waals surface area contributed by atoms with Crippen molar-refractivity contribution in [3.05, 3.63) is 56.7 Å². The average molecular weight is 634 g/mol. The molecule has 0 radical (unpaired) electrons. The van der Waals surface area contributed by atoms with Gasteiger partial charge in [0.25, 0.3) is 5.95 Å². The first-order chi connectivity index (χ1) is 18.7. The Hall–Kier alpha value is -2.90. The quantitative estimate of drug-likeness (QED) is 0.238. The molecule has 218 valence electrons. The lowest BCUT2D eigenvalue weighted by atomic mass is 10.0. The summed E-state index contributed by atoms with van der Waals surface area (Å²) in [4.78, 5) is 9.70. The predicted octanol–water partition coefficient (Wildman–Crippen LogP) is 6.94. The minimum atomic E-state index is -4.95. The highest BCUT2D eigenvalue weighted by Crippen LogP contribution is 2.37. The maximum absolute atomic E-state index is 13.5. The van der Waals surface area contributed by atoms with E-state index in [1.165, 1.54) is 29.6 Å². The molecule has 1 aromatic carbocycles. The lowest BCUT2D eigenvalue weighted by molar-refractivity contribution is -0.143. The van der Waals surface area contributed by atoms with Crippen LogP contribution in [0.1, 0.15) is 60.6 Å². The molecule has 0 aliphatic heterocycles. The van der Waals surface area contributed by atoms with Gasteiger partial charge in [0.1, 0.15) is 5.82 Å². The summed E-state index contributed by atoms with van der Waals surface area (Å²) in [6.07, 6.45) is -5.27. The molecule has 2 heterocycles. The van der Waals surface area contributed by atoms with E-state index >= 15 is 0 Å². The van der Waals surface area contributed by atoms with E-state index in [-0.39, 0.29) is 30.7 Å². The highest BCUT2D eigenvalue weighted by molar-refractivity contribution is 9.10. The molecule has 1 aliphatic rings. The minimum Gasteiger partial charge on any atom is -0.356 e. The molecule has 1 aliphatic carbocycles. The van der Waals surface area contributed by atoms with Crippen molar-refractivity contribution >= 4 is 27.7 Å². The van der Waals surface area contributed by atoms with Gasteiger partial charge in [-0.05, 0) is 83.6 Å². The Labute approximate surface area is 236 Å². The molecule has 14 heteroatoms. The molecule has 3 aromatic rings. The molecule has 0 spiro atoms. The molecule has 0 unspecified atom stereocenters. The largest absolute Gasteiger partial charge is 0.416 e. The van der Waals surface area contributed by atoms with Crippen molar-refractivity contribution < 1.29 is 26.3 Å². The van der Waals surface area contributed by atoms with E-state index in [0.29, 0.717) is 18.3 Å². The van der Waals surface area contributed by atoms with Gasteiger partial charge in [0.05, 0.1) is 30.4 Å². The number of hydrogen-bond acceptors (Lipinski definition) is 6. The third-order valence-corrected chi connectivity index (χ3v) is 7.81. The van der Waals surface area contributed by atoms with Crippen LogP contribution >= 0.6 is 15.9 Å². The van der Waals surface area contributed by atoms with Crippen molar-refractivity contribution in [2.24, 2.45) is 13.0 Å². The van der Waals surface area contributed by atoms with Crippen molar-refractivity contribution in [1.29, 1.82) is 0 Å². The first-order valence-corrected chi connectivity index (χ1v) is 13.7. The van der Waals surface area contributed by atoms with Gasteiger partial charge in [-0.3, -0.25) is 0 Å². The Bertz CT molecular complexity index is 1290. The van der Waals surface area contributed by atoms with Crippen LogP contribution in [0.2, 0.25) is 0 Å². The molecular weight excluding hydrogens is 604 g/mol. The number of tetrazole rings is 1. The lowest BCUT2D eigenvalue weighted by Gasteiger charge is -2.30. The standard InChI is InChI=1S/C26H30BrF6N7/c1-4-39(13-17-7-5-6-8-17)23-19(11-22(27)16(2)34-23)15-40(24-35-37-38(3)36-24)14-18-9-20(25(28,29)30)12-21(10-18)26(31,32)33/h9-12,17H,4-8,13-15H2,1-3H3. The fraction of sp³-hybridized carbons (Fsp3) is 0.538. The number of anilines is 2. The Kier molecular flexibility index (Phi) is 8.96. The topological polar surface area (TPSA) is 63.0 Å². The van der Waals surface area contributed by atoms with Crippen LogP contribution in [-0.4, -0.2) is 38.3 Å². The van der Waals surface area contributed by atoms with Gasteiger partial charge in [0.15, 0.2) is 0 Å². The number of nitrogens with zero attached hydrogens (tertiary/aromatic N) is 7. The van der Waals surface area contributed by atoms with Crippen LogP contribution in [0.25, 0.3) is 0 Å². The Balaban J connectivity index is 1.75. The van der Waals surface area contributed by atoms with Crippen LogP contribution in [-0.2, 0) is 32.5 Å². The van der Waals surface area contributed by atoms with E-state index < -0.39 is 23.5 Å². The van der Waals surface area contributed by atoms with Gasteiger partial charge in [-0.15, -0.1) is 5.10 Å². The predicted molar refractivity (Wildman–Crippen MR) is 142 cm³/mol. The molecule has 0 N–H and O–H groups in total. The fourth-order valence-corrected chi connectivity index (χ4v) is 5.37. The number of alkyl halides is 6. The third-order valence-electron chi connectivity index (χ3n) is 7.00. The number of aryl methyl sites for hydroxylation is 2. The van der Waals surface area contributed by atoms with Gasteiger partial charge >= 0.3 is 12.4 Å². The van der Waals surface area contributed by atoms with E-state index in [0.717, 1.165) is 47.2 Å². The molecule has 40 heavy (non-hydrogen) atoms. The zero-order valence-corrected chi connectivity index (χ0v) is 23.9. The number of pyridine rings is 1. The van der Waals surface area contributed by atoms with Gasteiger partial charge in [-0.25, -0.2) is 4.98 Å². The lowest BCUT2D eigenvalue weighted by Crippen LogP contribution is -2.32. The summed E-state index contributed by atoms with van der Waals surface area (Å²) in [5.74, 6) is 1.31. The summed E-state index contributed by atoms with van der Waals surface area (Å²) in [6.45, 7) is 5.14. The third kappa shape index (κ3) is 7.24. The van der Waals surface area contributed by atoms with Gasteiger partial charge in [-0.1, -0.05) is 17.9 Å². The first kappa shape index (κ1) is 30.1. The molecule has 2 aromatic heterocycles. The molecule has 0 bridgehead atoms. The summed E-state index contributed by atoms with van der Waals surface area (Å²) in [5.41, 5.74) is -1.45. The number of rotatable bonds is 9. The highest BCUT2D eigenvalue weighted by Gasteiger charge is 2.37. The molecule has 0 amide bonds. The summed E-state index contributed by atoms with van der Waals surface area (Å²) < 4.78 is 82.0. The zero-order valence-electron chi connectivity index (χ0n) is 22.3. The van der Waals surface area contributed by atoms with Gasteiger partial charge in [0.2, 0.25) is 0 Å². The number of benzene rings is 1. The van der Waals surface area contributed by atoms with E-state index in [1.807, 2.05) is 19.9 Å². The number of halogens is 7. The van der Waals surface area contributed by atoms with Crippen LogP contribution in [0.4, 0.5) is 38.1 Å². The molecular formula is C26H30BrF6N7. The number of hydrogen-bond donors (Lipinski definition) is 0. The van der Waals surface area contributed by atoms with Crippen LogP contribution in [0.3, 0.4) is 0 Å². The van der Waals surface area contributed by atoms with Gasteiger partial charge in [0, 0.05) is 29.7 Å². The van der Waals surface area contributed by atoms with Gasteiger partial charge < -0.3 is 9.80 Å². The smallest absolute Gasteiger partial charge is 0.356 e. The van der Waals surface area contributed by atoms with E-state index in [4.69, 9.17) is 4.98 Å². The second-order valence-electron chi connectivity index (χ2n) is 10.1. The van der Waals surface area contributed by atoms with Crippen molar-refractivity contribution in [2.45, 2.75) is 65.0 Å². The monoisotopic (exact) mass is 633 g/mol. The summed E-state index contributed by atoms with van der Waals surface area (Å²) >= 11 is 3.52. The van der Waals surface area contributed by atoms with Gasteiger partial charge in [-0.2, -0.15) is 31.1 Å². The van der Waals surface area contributed by atoms with Crippen LogP contribution in [0, 0.1) is 12.8 Å². The second-order valence-corrected chi connectivity index (χ2v) is 10.9. The molecule has 4 rings (SSSR count). The molecule has 7 nitrogen and oxygen atoms in total. The van der Waals surface area contributed by atoms with Crippen molar-refractivity contribution in [1.82, 2.24) is 25.2 Å². The molecule has 1 fully saturated rings. The SMILES string of the molecule is CCN(CC1CCCC1)c1nc(C)c(Br)cc1CN(Cc1cc(C(F)(F)F)cc(C(F)(F)F)c1)c1nnn(C)n1. The zero-order chi connectivity index (χ0) is 29.2. The second kappa shape index (κ2) is 11.9. The molecule has 0 saturated heterocycles. The van der Waals surface area contributed by atoms with Crippen LogP contribution in [0.15, 0.2) is 28.7 Å². The minimum absolute atomic E-state index is 0.0648. The van der Waals surface area contributed by atoms with Crippen LogP contribution in [0.5, 0.6) is 0 Å². The maximum atomic E-state index is 13.5. The maximum Gasteiger partial charge on any atom is 0.416 e. The van der Waals surface area contributed by atoms with Crippen molar-refractivity contribution in [3.63, 3.8) is 0 Å². The van der Waals surface area contributed by atoms with E-state index in [9.17, 15) is 26.3 Å². The average Bonchev–Trinajstić information content (AvgIpc) is 3.55. The Morgan fingerprint density at radius 3 is 2.10 bits per heavy atom. The summed E-state index contributed by atoms with van der Waals surface area (Å²) in [5, 5.41) is 12.0. The van der Waals surface area contributed by atoms with E-state index in [1.54, 1.807) is 0 Å². The Morgan fingerprint density at radius 1 is 0.950 bits per heavy atom. The van der Waals surface area contributed by atoms with Crippen molar-refractivity contribution in [2.75, 3.05) is 22.9 Å². The van der Waals surface area contributed by atoms with E-state index in [2.05, 4.69) is 36.2 Å². The Morgan fingerprint density at radius 2 is 1.57 bits per heavy atom. The van der Waals surface area contributed by atoms with Crippen molar-refractivity contribution in [3.8, 4) is 0 Å². The molecule has 0 atom stereocenters. The number of aromatic nitrogens is 5. The summed E-state index contributed by atoms with van der Waals surface area (Å²) in [7, 11) is 1.52. The fourth-order valence-electron chi connectivity index (χ4n) is 5.00. The highest BCUT2D eigenvalue weighted by atomic mass is 79.9. The normalized spacial score (nSPS) is 14.7. The summed E-state index contributed by atoms with van der Waals surface area (Å²) in [6, 6.07) is 3.45. The molecule has 1 saturated carbocycles.